The minimum Gasteiger partial charge on any atom is -0.511 e. The van der Waals surface area contributed by atoms with Crippen LogP contribution in [0.3, 0.4) is 0 Å². The van der Waals surface area contributed by atoms with E-state index in [1.54, 1.807) is 0 Å². The number of nitrogens with one attached hydrogen (secondary N) is 2. The molecular weight excluding hydrogens is 473 g/mol. The molecule has 1 saturated carbocycles. The highest BCUT2D eigenvalue weighted by molar-refractivity contribution is 6.21. The number of carbonyl (C=O) groups is 4. The van der Waals surface area contributed by atoms with Crippen LogP contribution in [-0.4, -0.2) is 51.3 Å². The molecule has 0 aromatic heterocycles. The number of benzene rings is 1. The number of halogens is 1. The van der Waals surface area contributed by atoms with Gasteiger partial charge < -0.3 is 31.7 Å². The van der Waals surface area contributed by atoms with Crippen molar-refractivity contribution >= 4 is 34.8 Å². The Morgan fingerprint density at radius 1 is 1.14 bits per heavy atom. The molecule has 36 heavy (non-hydrogen) atoms. The van der Waals surface area contributed by atoms with Crippen LogP contribution >= 0.6 is 0 Å². The Morgan fingerprint density at radius 3 is 2.53 bits per heavy atom. The minimum atomic E-state index is -1.25. The van der Waals surface area contributed by atoms with Crippen LogP contribution in [-0.2, 0) is 32.0 Å². The van der Waals surface area contributed by atoms with Crippen molar-refractivity contribution in [2.24, 2.45) is 23.5 Å². The van der Waals surface area contributed by atoms with Crippen LogP contribution in [0.1, 0.15) is 42.9 Å². The molecule has 7 N–H and O–H groups in total. The Hall–Kier alpha value is -3.73. The average molecular weight is 499 g/mol. The third-order valence-electron chi connectivity index (χ3n) is 7.70. The van der Waals surface area contributed by atoms with E-state index in [9.17, 15) is 34.5 Å². The number of aliphatic hydroxyl groups is 2. The van der Waals surface area contributed by atoms with Crippen molar-refractivity contribution in [1.29, 1.82) is 0 Å². The summed E-state index contributed by atoms with van der Waals surface area (Å²) in [5.41, 5.74) is 4.17. The molecule has 0 radical (unpaired) electrons. The predicted molar refractivity (Wildman–Crippen MR) is 124 cm³/mol. The summed E-state index contributed by atoms with van der Waals surface area (Å²) >= 11 is 0. The molecule has 3 aliphatic carbocycles. The number of aromatic hydroxyl groups is 1. The molecule has 1 aromatic carbocycles. The fourth-order valence-electron chi connectivity index (χ4n) is 6.11. The Bertz CT molecular complexity index is 1320. The van der Waals surface area contributed by atoms with Gasteiger partial charge in [0.05, 0.1) is 23.2 Å². The third-order valence-corrected chi connectivity index (χ3v) is 7.70. The summed E-state index contributed by atoms with van der Waals surface area (Å²) in [6.07, 6.45) is 0.722. The number of phenols is 1. The number of aliphatic hydroxyl groups excluding tert-OH is 2. The summed E-state index contributed by atoms with van der Waals surface area (Å²) in [6.45, 7) is 2.47. The number of Topliss-reactive ketones (excluding diaryl/α,β-unsaturated/α-hetero) is 2. The summed E-state index contributed by atoms with van der Waals surface area (Å²) < 4.78 is 15.8. The molecule has 0 spiro atoms. The fourth-order valence-corrected chi connectivity index (χ4v) is 6.11. The molecule has 2 amide bonds. The van der Waals surface area contributed by atoms with Gasteiger partial charge in [-0.15, -0.1) is 0 Å². The number of primary amides is 1. The van der Waals surface area contributed by atoms with Crippen molar-refractivity contribution in [3.8, 4) is 5.75 Å². The first kappa shape index (κ1) is 24.0. The first-order valence-corrected chi connectivity index (χ1v) is 11.9. The largest absolute Gasteiger partial charge is 0.511 e. The van der Waals surface area contributed by atoms with Gasteiger partial charge >= 0.3 is 0 Å². The number of ketones is 2. The van der Waals surface area contributed by atoms with Crippen molar-refractivity contribution in [3.63, 3.8) is 0 Å². The molecule has 1 heterocycles. The topological polar surface area (TPSA) is 179 Å². The first-order chi connectivity index (χ1) is 17.1. The zero-order valence-corrected chi connectivity index (χ0v) is 19.5. The highest BCUT2D eigenvalue weighted by Crippen LogP contribution is 2.52. The minimum absolute atomic E-state index is 0.00251. The lowest BCUT2D eigenvalue weighted by atomic mass is 9.61. The number of fused-ring (bicyclic) bond motifs is 4. The Kier molecular flexibility index (Phi) is 5.62. The number of allylic oxidation sites excluding steroid dienone is 2. The lowest BCUT2D eigenvalue weighted by Crippen LogP contribution is -2.46. The average Bonchev–Trinajstić information content (AvgIpc) is 2.80. The summed E-state index contributed by atoms with van der Waals surface area (Å²) in [5.74, 6) is -8.14. The van der Waals surface area contributed by atoms with Crippen molar-refractivity contribution < 1.29 is 38.9 Å². The second-order valence-electron chi connectivity index (χ2n) is 9.82. The standard InChI is InChI=1S/C25H26FN3O7/c1-2-3-28-12-7-11-18(26)10-5-8-4-9-6-13(30)17(24(27)35)22(33)15(9)20(31)14(8)21(32)16(10)23(34)19(11)29-25(12)36/h8-9,12,15,28,32-34H,2-7H2,1H3,(H2,27,35)(H,29,36)/t8-,9+,12?,15?/m1/s1. The maximum atomic E-state index is 15.8. The lowest BCUT2D eigenvalue weighted by Gasteiger charge is -2.41. The van der Waals surface area contributed by atoms with E-state index in [2.05, 4.69) is 10.6 Å². The normalized spacial score (nSPS) is 27.2. The number of rotatable bonds is 4. The summed E-state index contributed by atoms with van der Waals surface area (Å²) in [4.78, 5) is 50.1. The van der Waals surface area contributed by atoms with Gasteiger partial charge in [-0.25, -0.2) is 4.39 Å². The van der Waals surface area contributed by atoms with Crippen LogP contribution in [0.4, 0.5) is 10.1 Å². The van der Waals surface area contributed by atoms with Crippen LogP contribution in [0.5, 0.6) is 5.75 Å². The van der Waals surface area contributed by atoms with Gasteiger partial charge in [-0.05, 0) is 37.6 Å². The van der Waals surface area contributed by atoms with Gasteiger partial charge in [0.2, 0.25) is 5.91 Å². The highest BCUT2D eigenvalue weighted by atomic mass is 19.1. The molecular formula is C25H26FN3O7. The first-order valence-electron chi connectivity index (χ1n) is 11.9. The van der Waals surface area contributed by atoms with E-state index in [1.807, 2.05) is 6.92 Å². The van der Waals surface area contributed by atoms with Crippen LogP contribution in [0.2, 0.25) is 0 Å². The van der Waals surface area contributed by atoms with Gasteiger partial charge in [0, 0.05) is 29.5 Å². The highest BCUT2D eigenvalue weighted by Gasteiger charge is 2.51. The maximum Gasteiger partial charge on any atom is 0.255 e. The molecule has 4 aliphatic rings. The zero-order valence-electron chi connectivity index (χ0n) is 19.5. The SMILES string of the molecule is CCCNC1Cc2c(F)c3c(c(O)c2NC1=O)C(O)=C1C(=O)C2C(O)=C(C(N)=O)C(=O)C[C@@H]2C[C@@H]1C3. The van der Waals surface area contributed by atoms with Crippen LogP contribution in [0, 0.1) is 23.6 Å². The number of hydrogen-bond donors (Lipinski definition) is 6. The number of hydrogen-bond acceptors (Lipinski definition) is 8. The second-order valence-corrected chi connectivity index (χ2v) is 9.82. The molecule has 2 unspecified atom stereocenters. The van der Waals surface area contributed by atoms with E-state index in [-0.39, 0.29) is 53.6 Å². The van der Waals surface area contributed by atoms with Gasteiger partial charge in [-0.2, -0.15) is 0 Å². The van der Waals surface area contributed by atoms with Crippen LogP contribution in [0.25, 0.3) is 5.76 Å². The number of nitrogens with two attached hydrogens (primary N) is 1. The van der Waals surface area contributed by atoms with Gasteiger partial charge in [-0.3, -0.25) is 19.2 Å². The van der Waals surface area contributed by atoms with E-state index in [1.165, 1.54) is 0 Å². The van der Waals surface area contributed by atoms with Crippen molar-refractivity contribution in [3.05, 3.63) is 39.4 Å². The zero-order chi connectivity index (χ0) is 26.0. The molecule has 190 valence electrons. The number of anilines is 1. The van der Waals surface area contributed by atoms with Gasteiger partial charge in [0.15, 0.2) is 17.3 Å². The number of carbonyl (C=O) groups excluding carboxylic acids is 4. The van der Waals surface area contributed by atoms with Gasteiger partial charge in [0.1, 0.15) is 22.9 Å². The van der Waals surface area contributed by atoms with Crippen molar-refractivity contribution in [2.75, 3.05) is 11.9 Å². The maximum absolute atomic E-state index is 15.8. The smallest absolute Gasteiger partial charge is 0.255 e. The van der Waals surface area contributed by atoms with Crippen molar-refractivity contribution in [1.82, 2.24) is 5.32 Å². The van der Waals surface area contributed by atoms with Gasteiger partial charge in [-0.1, -0.05) is 6.92 Å². The van der Waals surface area contributed by atoms with Crippen LogP contribution in [0.15, 0.2) is 16.9 Å². The Morgan fingerprint density at radius 2 is 1.86 bits per heavy atom. The quantitative estimate of drug-likeness (QED) is 0.265. The fraction of sp³-hybridized carbons (Fsp3) is 0.440. The Labute approximate surface area is 205 Å². The lowest BCUT2D eigenvalue weighted by molar-refractivity contribution is -0.127. The molecule has 0 saturated heterocycles. The van der Waals surface area contributed by atoms with E-state index in [0.29, 0.717) is 6.54 Å². The monoisotopic (exact) mass is 499 g/mol. The van der Waals surface area contributed by atoms with Crippen LogP contribution < -0.4 is 16.4 Å². The van der Waals surface area contributed by atoms with E-state index in [4.69, 9.17) is 5.73 Å². The molecule has 1 aliphatic heterocycles. The van der Waals surface area contributed by atoms with E-state index < -0.39 is 75.8 Å². The molecule has 1 fully saturated rings. The summed E-state index contributed by atoms with van der Waals surface area (Å²) in [7, 11) is 0. The second kappa shape index (κ2) is 8.44. The van der Waals surface area contributed by atoms with E-state index >= 15 is 4.39 Å². The van der Waals surface area contributed by atoms with Gasteiger partial charge in [0.25, 0.3) is 5.91 Å². The molecule has 10 nitrogen and oxygen atoms in total. The number of amides is 2. The molecule has 1 aromatic rings. The number of phenolic OH excluding ortho intramolecular Hbond substituents is 1. The molecule has 0 bridgehead atoms. The third kappa shape index (κ3) is 3.33. The van der Waals surface area contributed by atoms with Crippen molar-refractivity contribution in [2.45, 2.75) is 45.1 Å². The Balaban J connectivity index is 1.62. The molecule has 11 heteroatoms. The molecule has 5 rings (SSSR count). The predicted octanol–water partition coefficient (Wildman–Crippen LogP) is 1.31. The molecule has 4 atom stereocenters. The summed E-state index contributed by atoms with van der Waals surface area (Å²) in [6, 6.07) is -0.688. The summed E-state index contributed by atoms with van der Waals surface area (Å²) in [5, 5.41) is 38.3. The van der Waals surface area contributed by atoms with E-state index in [0.717, 1.165) is 6.42 Å².